The highest BCUT2D eigenvalue weighted by Crippen LogP contribution is 2.35. The highest BCUT2D eigenvalue weighted by molar-refractivity contribution is 7.09. The van der Waals surface area contributed by atoms with Gasteiger partial charge in [0.2, 0.25) is 5.91 Å². The molecule has 4 heterocycles. The third kappa shape index (κ3) is 7.00. The van der Waals surface area contributed by atoms with Crippen molar-refractivity contribution >= 4 is 22.9 Å². The molecule has 0 radical (unpaired) electrons. The molecule has 1 atom stereocenters. The van der Waals surface area contributed by atoms with E-state index in [0.29, 0.717) is 56.5 Å². The zero-order chi connectivity index (χ0) is 29.6. The number of ether oxygens (including phenoxy) is 2. The zero-order valence-corrected chi connectivity index (χ0v) is 23.7. The van der Waals surface area contributed by atoms with E-state index < -0.39 is 36.7 Å². The number of carbonyl (C=O) groups excluding carboxylic acids is 1. The number of hydrogen-bond donors (Lipinski definition) is 1. The molecule has 1 amide bonds. The molecule has 1 saturated heterocycles. The SMILES string of the molecule is COCCOCc1ccccc1C1C=C(c2csc(C3CCN(C(=O)Cn4nc(C(F)F)cc4C(F)F)CC3)n2)NO1. The summed E-state index contributed by atoms with van der Waals surface area (Å²) in [6, 6.07) is 8.56. The predicted molar refractivity (Wildman–Crippen MR) is 146 cm³/mol. The third-order valence-electron chi connectivity index (χ3n) is 7.22. The van der Waals surface area contributed by atoms with Gasteiger partial charge < -0.3 is 14.4 Å². The molecule has 226 valence electrons. The molecular formula is C28H31F4N5O4S. The van der Waals surface area contributed by atoms with Crippen molar-refractivity contribution in [3.63, 3.8) is 0 Å². The average Bonchev–Trinajstić information content (AvgIpc) is 3.76. The van der Waals surface area contributed by atoms with Crippen molar-refractivity contribution in [1.82, 2.24) is 25.1 Å². The monoisotopic (exact) mass is 609 g/mol. The van der Waals surface area contributed by atoms with E-state index in [1.54, 1.807) is 12.0 Å². The second kappa shape index (κ2) is 13.8. The first-order valence-electron chi connectivity index (χ1n) is 13.5. The number of thiazole rings is 1. The fourth-order valence-corrected chi connectivity index (χ4v) is 5.96. The number of amides is 1. The molecule has 0 aliphatic carbocycles. The van der Waals surface area contributed by atoms with Crippen LogP contribution >= 0.6 is 11.3 Å². The van der Waals surface area contributed by atoms with Gasteiger partial charge in [-0.3, -0.25) is 19.8 Å². The molecule has 1 N–H and O–H groups in total. The number of methoxy groups -OCH3 is 1. The second-order valence-corrected chi connectivity index (χ2v) is 10.8. The van der Waals surface area contributed by atoms with Gasteiger partial charge in [0.25, 0.3) is 12.9 Å². The van der Waals surface area contributed by atoms with Crippen LogP contribution in [0, 0.1) is 0 Å². The van der Waals surface area contributed by atoms with Crippen molar-refractivity contribution in [3.8, 4) is 0 Å². The van der Waals surface area contributed by atoms with Crippen molar-refractivity contribution in [3.05, 3.63) is 75.0 Å². The fraction of sp³-hybridized carbons (Fsp3) is 0.464. The molecule has 0 bridgehead atoms. The fourth-order valence-electron chi connectivity index (χ4n) is 4.97. The van der Waals surface area contributed by atoms with E-state index in [2.05, 4.69) is 10.6 Å². The Morgan fingerprint density at radius 1 is 1.17 bits per heavy atom. The van der Waals surface area contributed by atoms with E-state index in [-0.39, 0.29) is 12.0 Å². The van der Waals surface area contributed by atoms with Crippen LogP contribution in [0.2, 0.25) is 0 Å². The molecule has 14 heteroatoms. The Morgan fingerprint density at radius 2 is 1.95 bits per heavy atom. The number of halogens is 4. The number of alkyl halides is 4. The normalized spacial score (nSPS) is 17.7. The summed E-state index contributed by atoms with van der Waals surface area (Å²) in [7, 11) is 1.63. The van der Waals surface area contributed by atoms with Gasteiger partial charge in [0, 0.05) is 31.5 Å². The number of nitrogens with zero attached hydrogens (tertiary/aromatic N) is 4. The maximum absolute atomic E-state index is 13.3. The van der Waals surface area contributed by atoms with Crippen molar-refractivity contribution < 1.29 is 36.7 Å². The molecule has 1 unspecified atom stereocenters. The summed E-state index contributed by atoms with van der Waals surface area (Å²) in [4.78, 5) is 25.0. The Hall–Kier alpha value is -3.33. The summed E-state index contributed by atoms with van der Waals surface area (Å²) in [5, 5.41) is 6.41. The van der Waals surface area contributed by atoms with E-state index >= 15 is 0 Å². The van der Waals surface area contributed by atoms with E-state index in [9.17, 15) is 22.4 Å². The van der Waals surface area contributed by atoms with Crippen molar-refractivity contribution in [2.24, 2.45) is 0 Å². The van der Waals surface area contributed by atoms with Crippen molar-refractivity contribution in [2.45, 2.75) is 50.9 Å². The minimum absolute atomic E-state index is 0.128. The maximum Gasteiger partial charge on any atom is 0.282 e. The zero-order valence-electron chi connectivity index (χ0n) is 22.8. The quantitative estimate of drug-likeness (QED) is 0.217. The van der Waals surface area contributed by atoms with Gasteiger partial charge in [-0.1, -0.05) is 24.3 Å². The lowest BCUT2D eigenvalue weighted by molar-refractivity contribution is -0.133. The van der Waals surface area contributed by atoms with Gasteiger partial charge in [0.1, 0.15) is 24.0 Å². The van der Waals surface area contributed by atoms with Gasteiger partial charge >= 0.3 is 0 Å². The van der Waals surface area contributed by atoms with E-state index in [4.69, 9.17) is 19.3 Å². The number of piperidine rings is 1. The number of nitrogens with one attached hydrogen (secondary N) is 1. The highest BCUT2D eigenvalue weighted by atomic mass is 32.1. The number of aromatic nitrogens is 3. The van der Waals surface area contributed by atoms with Crippen molar-refractivity contribution in [2.75, 3.05) is 33.4 Å². The number of carbonyl (C=O) groups is 1. The Morgan fingerprint density at radius 3 is 2.69 bits per heavy atom. The summed E-state index contributed by atoms with van der Waals surface area (Å²) < 4.78 is 63.9. The standard InChI is InChI=1S/C28H31F4N5O4S/c1-39-10-11-40-15-18-4-2-3-5-19(18)24-13-20(35-41-24)22-16-42-28(33-22)17-6-8-36(9-7-17)25(38)14-37-23(27(31)32)12-21(34-37)26(29)30/h2-5,12-13,16-17,24,26-27,35H,6-11,14-15H2,1H3. The second-order valence-electron chi connectivity index (χ2n) is 9.94. The molecular weight excluding hydrogens is 578 g/mol. The van der Waals surface area contributed by atoms with E-state index in [1.165, 1.54) is 11.3 Å². The molecule has 0 saturated carbocycles. The van der Waals surface area contributed by atoms with Crippen LogP contribution in [0.3, 0.4) is 0 Å². The molecule has 2 aromatic heterocycles. The highest BCUT2D eigenvalue weighted by Gasteiger charge is 2.29. The smallest absolute Gasteiger partial charge is 0.282 e. The number of hydroxylamine groups is 1. The van der Waals surface area contributed by atoms with Gasteiger partial charge in [-0.15, -0.1) is 11.3 Å². The summed E-state index contributed by atoms with van der Waals surface area (Å²) in [5.41, 5.74) is 5.07. The van der Waals surface area contributed by atoms with Gasteiger partial charge in [-0.05, 0) is 36.1 Å². The number of rotatable bonds is 12. The molecule has 3 aromatic rings. The van der Waals surface area contributed by atoms with Gasteiger partial charge in [-0.25, -0.2) is 22.5 Å². The molecule has 5 rings (SSSR count). The number of hydrogen-bond acceptors (Lipinski definition) is 8. The Kier molecular flexibility index (Phi) is 9.88. The molecule has 0 spiro atoms. The summed E-state index contributed by atoms with van der Waals surface area (Å²) in [6.45, 7) is 1.75. The lowest BCUT2D eigenvalue weighted by atomic mass is 9.97. The first kappa shape index (κ1) is 30.1. The van der Waals surface area contributed by atoms with Crippen LogP contribution < -0.4 is 5.48 Å². The number of likely N-dealkylation sites (tertiary alicyclic amines) is 1. The number of benzene rings is 1. The molecule has 1 fully saturated rings. The molecule has 2 aliphatic heterocycles. The largest absolute Gasteiger partial charge is 0.382 e. The minimum Gasteiger partial charge on any atom is -0.382 e. The van der Waals surface area contributed by atoms with E-state index in [0.717, 1.165) is 27.5 Å². The lowest BCUT2D eigenvalue weighted by Crippen LogP contribution is -2.40. The Bertz CT molecular complexity index is 1390. The van der Waals surface area contributed by atoms with Gasteiger partial charge in [0.05, 0.1) is 36.2 Å². The van der Waals surface area contributed by atoms with Crippen LogP contribution in [0.25, 0.3) is 5.70 Å². The molecule has 2 aliphatic rings. The topological polar surface area (TPSA) is 90.7 Å². The van der Waals surface area contributed by atoms with Crippen LogP contribution in [0.1, 0.15) is 70.9 Å². The average molecular weight is 610 g/mol. The molecule has 42 heavy (non-hydrogen) atoms. The third-order valence-corrected chi connectivity index (χ3v) is 8.23. The van der Waals surface area contributed by atoms with Crippen LogP contribution in [0.4, 0.5) is 17.6 Å². The van der Waals surface area contributed by atoms with Crippen LogP contribution in [-0.4, -0.2) is 59.0 Å². The van der Waals surface area contributed by atoms with E-state index in [1.807, 2.05) is 35.7 Å². The first-order valence-corrected chi connectivity index (χ1v) is 14.4. The van der Waals surface area contributed by atoms with Gasteiger partial charge in [0.15, 0.2) is 0 Å². The molecule has 1 aromatic carbocycles. The lowest BCUT2D eigenvalue weighted by Gasteiger charge is -2.31. The summed E-state index contributed by atoms with van der Waals surface area (Å²) in [6.07, 6.45) is -3.04. The Labute approximate surface area is 244 Å². The van der Waals surface area contributed by atoms with Gasteiger partial charge in [-0.2, -0.15) is 5.10 Å². The maximum atomic E-state index is 13.3. The van der Waals surface area contributed by atoms with Crippen LogP contribution in [-0.2, 0) is 32.3 Å². The van der Waals surface area contributed by atoms with Crippen LogP contribution in [0.5, 0.6) is 0 Å². The first-order chi connectivity index (χ1) is 20.3. The minimum atomic E-state index is -3.01. The van der Waals surface area contributed by atoms with Crippen molar-refractivity contribution in [1.29, 1.82) is 0 Å². The summed E-state index contributed by atoms with van der Waals surface area (Å²) in [5.74, 6) is -0.310. The van der Waals surface area contributed by atoms with Crippen LogP contribution in [0.15, 0.2) is 41.8 Å². The summed E-state index contributed by atoms with van der Waals surface area (Å²) >= 11 is 1.53. The molecule has 9 nitrogen and oxygen atoms in total. The Balaban J connectivity index is 1.17. The predicted octanol–water partition coefficient (Wildman–Crippen LogP) is 5.40.